The first-order valence-corrected chi connectivity index (χ1v) is 7.95. The van der Waals surface area contributed by atoms with E-state index in [9.17, 15) is 0 Å². The van der Waals surface area contributed by atoms with Crippen molar-refractivity contribution < 1.29 is 4.74 Å². The minimum Gasteiger partial charge on any atom is -0.497 e. The molecule has 1 aliphatic carbocycles. The summed E-state index contributed by atoms with van der Waals surface area (Å²) >= 11 is 3.65. The second-order valence-electron chi connectivity index (χ2n) is 5.85. The summed E-state index contributed by atoms with van der Waals surface area (Å²) in [5.74, 6) is 2.30. The van der Waals surface area contributed by atoms with Crippen LogP contribution in [-0.4, -0.2) is 19.7 Å². The Labute approximate surface area is 125 Å². The Kier molecular flexibility index (Phi) is 5.28. The lowest BCUT2D eigenvalue weighted by Crippen LogP contribution is -2.29. The van der Waals surface area contributed by atoms with Crippen molar-refractivity contribution in [1.29, 1.82) is 0 Å². The third kappa shape index (κ3) is 4.50. The highest BCUT2D eigenvalue weighted by atomic mass is 79.9. The van der Waals surface area contributed by atoms with Crippen LogP contribution in [0.25, 0.3) is 0 Å². The zero-order chi connectivity index (χ0) is 13.8. The van der Waals surface area contributed by atoms with Gasteiger partial charge in [-0.1, -0.05) is 29.8 Å². The smallest absolute Gasteiger partial charge is 0.119 e. The van der Waals surface area contributed by atoms with E-state index < -0.39 is 0 Å². The maximum atomic E-state index is 5.32. The van der Waals surface area contributed by atoms with E-state index in [1.54, 1.807) is 7.11 Å². The molecule has 1 atom stereocenters. The summed E-state index contributed by atoms with van der Waals surface area (Å²) in [6.07, 6.45) is 3.80. The molecule has 1 unspecified atom stereocenters. The van der Waals surface area contributed by atoms with E-state index in [-0.39, 0.29) is 0 Å². The fraction of sp³-hybridized carbons (Fsp3) is 0.625. The molecule has 1 aromatic rings. The highest BCUT2D eigenvalue weighted by Crippen LogP contribution is 2.27. The minimum absolute atomic E-state index is 0.670. The van der Waals surface area contributed by atoms with Gasteiger partial charge in [-0.25, -0.2) is 0 Å². The average Bonchev–Trinajstić information content (AvgIpc) is 3.20. The molecular weight excluding hydrogens is 302 g/mol. The van der Waals surface area contributed by atoms with Crippen LogP contribution in [0, 0.1) is 11.8 Å². The largest absolute Gasteiger partial charge is 0.497 e. The number of nitrogens with one attached hydrogen (secondary N) is 1. The number of methoxy groups -OCH3 is 1. The fourth-order valence-electron chi connectivity index (χ4n) is 2.27. The van der Waals surface area contributed by atoms with Crippen LogP contribution in [0.1, 0.15) is 32.3 Å². The van der Waals surface area contributed by atoms with Gasteiger partial charge < -0.3 is 10.1 Å². The van der Waals surface area contributed by atoms with Crippen molar-refractivity contribution in [2.24, 2.45) is 11.8 Å². The summed E-state index contributed by atoms with van der Waals surface area (Å²) < 4.78 is 6.51. The molecule has 2 nitrogen and oxygen atoms in total. The van der Waals surface area contributed by atoms with E-state index >= 15 is 0 Å². The third-order valence-electron chi connectivity index (χ3n) is 3.92. The number of benzene rings is 1. The van der Waals surface area contributed by atoms with Gasteiger partial charge in [-0.3, -0.25) is 0 Å². The van der Waals surface area contributed by atoms with Crippen LogP contribution in [0.3, 0.4) is 0 Å². The molecule has 2 rings (SSSR count). The molecule has 1 N–H and O–H groups in total. The van der Waals surface area contributed by atoms with Gasteiger partial charge in [0.1, 0.15) is 5.75 Å². The van der Waals surface area contributed by atoms with Gasteiger partial charge in [0.2, 0.25) is 0 Å². The van der Waals surface area contributed by atoms with Gasteiger partial charge in [0, 0.05) is 10.5 Å². The molecular formula is C16H24BrNO. The average molecular weight is 326 g/mol. The summed E-state index contributed by atoms with van der Waals surface area (Å²) in [6, 6.07) is 7.02. The topological polar surface area (TPSA) is 21.3 Å². The first kappa shape index (κ1) is 14.9. The van der Waals surface area contributed by atoms with E-state index in [1.165, 1.54) is 22.9 Å². The normalized spacial score (nSPS) is 16.7. The van der Waals surface area contributed by atoms with E-state index in [2.05, 4.69) is 47.2 Å². The minimum atomic E-state index is 0.670. The Morgan fingerprint density at radius 3 is 2.68 bits per heavy atom. The second kappa shape index (κ2) is 6.76. The van der Waals surface area contributed by atoms with Crippen LogP contribution in [-0.2, 0) is 6.42 Å². The summed E-state index contributed by atoms with van der Waals surface area (Å²) in [4.78, 5) is 0. The van der Waals surface area contributed by atoms with Crippen molar-refractivity contribution >= 4 is 15.9 Å². The van der Waals surface area contributed by atoms with Crippen LogP contribution in [0.4, 0.5) is 0 Å². The molecule has 0 radical (unpaired) electrons. The molecule has 1 aromatic carbocycles. The lowest BCUT2D eigenvalue weighted by molar-refractivity contribution is 0.358. The third-order valence-corrected chi connectivity index (χ3v) is 4.70. The number of hydrogen-bond acceptors (Lipinski definition) is 2. The zero-order valence-corrected chi connectivity index (χ0v) is 13.7. The van der Waals surface area contributed by atoms with Crippen molar-refractivity contribution in [3.63, 3.8) is 0 Å². The summed E-state index contributed by atoms with van der Waals surface area (Å²) in [7, 11) is 1.72. The van der Waals surface area contributed by atoms with Gasteiger partial charge in [0.15, 0.2) is 0 Å². The van der Waals surface area contributed by atoms with Crippen molar-refractivity contribution in [1.82, 2.24) is 5.32 Å². The fourth-order valence-corrected chi connectivity index (χ4v) is 2.67. The maximum Gasteiger partial charge on any atom is 0.119 e. The van der Waals surface area contributed by atoms with Crippen molar-refractivity contribution in [2.75, 3.05) is 13.7 Å². The molecule has 0 aromatic heterocycles. The Balaban J connectivity index is 2.01. The van der Waals surface area contributed by atoms with Gasteiger partial charge in [0.05, 0.1) is 7.11 Å². The predicted molar refractivity (Wildman–Crippen MR) is 83.8 cm³/mol. The van der Waals surface area contributed by atoms with Crippen LogP contribution in [0.5, 0.6) is 5.75 Å². The Bertz CT molecular complexity index is 415. The van der Waals surface area contributed by atoms with Gasteiger partial charge in [-0.05, 0) is 61.4 Å². The lowest BCUT2D eigenvalue weighted by Gasteiger charge is -2.22. The molecule has 106 valence electrons. The van der Waals surface area contributed by atoms with Crippen LogP contribution < -0.4 is 10.1 Å². The molecule has 0 saturated heterocycles. The summed E-state index contributed by atoms with van der Waals surface area (Å²) in [5, 5.41) is 3.66. The first-order chi connectivity index (χ1) is 9.10. The molecule has 1 fully saturated rings. The van der Waals surface area contributed by atoms with Crippen molar-refractivity contribution in [3.05, 3.63) is 28.2 Å². The maximum absolute atomic E-state index is 5.32. The number of hydrogen-bond donors (Lipinski definition) is 1. The number of rotatable bonds is 7. The first-order valence-electron chi connectivity index (χ1n) is 7.16. The molecule has 1 saturated carbocycles. The van der Waals surface area contributed by atoms with Gasteiger partial charge in [0.25, 0.3) is 0 Å². The molecule has 0 spiro atoms. The number of halogens is 1. The highest BCUT2D eigenvalue weighted by Gasteiger charge is 2.23. The van der Waals surface area contributed by atoms with E-state index in [0.717, 1.165) is 24.8 Å². The predicted octanol–water partition coefficient (Wildman–Crippen LogP) is 4.02. The molecule has 0 heterocycles. The van der Waals surface area contributed by atoms with E-state index in [0.29, 0.717) is 11.8 Å². The Morgan fingerprint density at radius 1 is 1.37 bits per heavy atom. The Morgan fingerprint density at radius 2 is 2.11 bits per heavy atom. The van der Waals surface area contributed by atoms with Crippen molar-refractivity contribution in [3.8, 4) is 5.75 Å². The Hall–Kier alpha value is -0.540. The molecule has 0 aliphatic heterocycles. The zero-order valence-electron chi connectivity index (χ0n) is 12.1. The van der Waals surface area contributed by atoms with Gasteiger partial charge >= 0.3 is 0 Å². The van der Waals surface area contributed by atoms with Gasteiger partial charge in [-0.15, -0.1) is 0 Å². The van der Waals surface area contributed by atoms with Crippen LogP contribution in [0.2, 0.25) is 0 Å². The van der Waals surface area contributed by atoms with E-state index in [1.807, 2.05) is 6.07 Å². The monoisotopic (exact) mass is 325 g/mol. The summed E-state index contributed by atoms with van der Waals surface area (Å²) in [5.41, 5.74) is 1.34. The standard InChI is InChI=1S/C16H24BrNO/c1-11(2)13(10-18-14-4-5-14)8-12-9-15(19-3)6-7-16(12)17/h6-7,9,11,13-14,18H,4-5,8,10H2,1-3H3. The SMILES string of the molecule is COc1ccc(Br)c(CC(CNC2CC2)C(C)C)c1. The highest BCUT2D eigenvalue weighted by molar-refractivity contribution is 9.10. The molecule has 0 amide bonds. The molecule has 0 bridgehead atoms. The van der Waals surface area contributed by atoms with Crippen molar-refractivity contribution in [2.45, 2.75) is 39.2 Å². The quantitative estimate of drug-likeness (QED) is 0.817. The van der Waals surface area contributed by atoms with E-state index in [4.69, 9.17) is 4.74 Å². The number of ether oxygens (including phenoxy) is 1. The van der Waals surface area contributed by atoms with Crippen LogP contribution >= 0.6 is 15.9 Å². The summed E-state index contributed by atoms with van der Waals surface area (Å²) in [6.45, 7) is 5.74. The molecule has 1 aliphatic rings. The molecule has 19 heavy (non-hydrogen) atoms. The van der Waals surface area contributed by atoms with Crippen LogP contribution in [0.15, 0.2) is 22.7 Å². The second-order valence-corrected chi connectivity index (χ2v) is 6.70. The lowest BCUT2D eigenvalue weighted by atomic mass is 9.89. The van der Waals surface area contributed by atoms with Gasteiger partial charge in [-0.2, -0.15) is 0 Å². The molecule has 3 heteroatoms.